The van der Waals surface area contributed by atoms with Gasteiger partial charge in [-0.3, -0.25) is 0 Å². The molecule has 3 aromatic rings. The first-order valence-electron chi connectivity index (χ1n) is 6.06. The summed E-state index contributed by atoms with van der Waals surface area (Å²) in [5.74, 6) is 1.48. The number of nitrogens with zero attached hydrogens (tertiary/aromatic N) is 2. The zero-order valence-electron chi connectivity index (χ0n) is 10.5. The summed E-state index contributed by atoms with van der Waals surface area (Å²) in [4.78, 5) is 8.74. The maximum Gasteiger partial charge on any atom is 0.188 e. The fourth-order valence-corrected chi connectivity index (χ4v) is 2.85. The molecule has 0 spiro atoms. The highest BCUT2D eigenvalue weighted by molar-refractivity contribution is 7.98. The molecule has 0 N–H and O–H groups in total. The quantitative estimate of drug-likeness (QED) is 0.518. The van der Waals surface area contributed by atoms with Gasteiger partial charge in [-0.1, -0.05) is 41.6 Å². The summed E-state index contributed by atoms with van der Waals surface area (Å²) in [6.07, 6.45) is 3.37. The third-order valence-electron chi connectivity index (χ3n) is 2.72. The van der Waals surface area contributed by atoms with E-state index in [1.54, 1.807) is 24.2 Å². The molecule has 0 bridgehead atoms. The Hall–Kier alpha value is -1.78. The average molecular weight is 303 g/mol. The average Bonchev–Trinajstić information content (AvgIpc) is 3.01. The Morgan fingerprint density at radius 3 is 2.80 bits per heavy atom. The van der Waals surface area contributed by atoms with Gasteiger partial charge < -0.3 is 4.42 Å². The number of hydrogen-bond donors (Lipinski definition) is 0. The zero-order valence-corrected chi connectivity index (χ0v) is 12.1. The van der Waals surface area contributed by atoms with Crippen LogP contribution in [0.2, 0.25) is 5.02 Å². The Morgan fingerprint density at radius 1 is 1.10 bits per heavy atom. The first kappa shape index (κ1) is 13.2. The lowest BCUT2D eigenvalue weighted by Crippen LogP contribution is -1.90. The summed E-state index contributed by atoms with van der Waals surface area (Å²) >= 11 is 7.68. The normalized spacial score (nSPS) is 10.7. The summed E-state index contributed by atoms with van der Waals surface area (Å²) in [6.45, 7) is 0. The Balaban J connectivity index is 1.75. The van der Waals surface area contributed by atoms with E-state index < -0.39 is 0 Å². The standard InChI is InChI=1S/C15H11ClN2OS/c16-12-5-2-1-4-11(12)10-20-15-17-8-7-13(18-15)14-6-3-9-19-14/h1-9H,10H2. The number of thioether (sulfide) groups is 1. The van der Waals surface area contributed by atoms with Crippen molar-refractivity contribution in [1.82, 2.24) is 9.97 Å². The lowest BCUT2D eigenvalue weighted by molar-refractivity contribution is 0.579. The Labute approximate surface area is 126 Å². The molecule has 20 heavy (non-hydrogen) atoms. The molecule has 0 aliphatic carbocycles. The topological polar surface area (TPSA) is 38.9 Å². The first-order valence-corrected chi connectivity index (χ1v) is 7.42. The van der Waals surface area contributed by atoms with E-state index in [4.69, 9.17) is 16.0 Å². The number of aromatic nitrogens is 2. The number of hydrogen-bond acceptors (Lipinski definition) is 4. The summed E-state index contributed by atoms with van der Waals surface area (Å²) in [5.41, 5.74) is 1.86. The lowest BCUT2D eigenvalue weighted by atomic mass is 10.2. The summed E-state index contributed by atoms with van der Waals surface area (Å²) in [6, 6.07) is 13.3. The predicted molar refractivity (Wildman–Crippen MR) is 80.7 cm³/mol. The number of benzene rings is 1. The highest BCUT2D eigenvalue weighted by Gasteiger charge is 2.06. The van der Waals surface area contributed by atoms with E-state index >= 15 is 0 Å². The maximum absolute atomic E-state index is 6.13. The second-order valence-electron chi connectivity index (χ2n) is 4.08. The lowest BCUT2D eigenvalue weighted by Gasteiger charge is -2.03. The third kappa shape index (κ3) is 3.03. The van der Waals surface area contributed by atoms with Crippen LogP contribution in [0.15, 0.2) is 64.5 Å². The summed E-state index contributed by atoms with van der Waals surface area (Å²) in [7, 11) is 0. The number of rotatable bonds is 4. The van der Waals surface area contributed by atoms with Crippen molar-refractivity contribution in [3.63, 3.8) is 0 Å². The van der Waals surface area contributed by atoms with Gasteiger partial charge in [0, 0.05) is 17.0 Å². The molecule has 2 aromatic heterocycles. The molecule has 0 radical (unpaired) electrons. The Morgan fingerprint density at radius 2 is 2.00 bits per heavy atom. The number of halogens is 1. The van der Waals surface area contributed by atoms with Crippen LogP contribution in [-0.2, 0) is 5.75 Å². The van der Waals surface area contributed by atoms with Crippen molar-refractivity contribution < 1.29 is 4.42 Å². The fourth-order valence-electron chi connectivity index (χ4n) is 1.73. The molecule has 3 nitrogen and oxygen atoms in total. The van der Waals surface area contributed by atoms with Crippen LogP contribution in [0.1, 0.15) is 5.56 Å². The van der Waals surface area contributed by atoms with E-state index in [2.05, 4.69) is 9.97 Å². The highest BCUT2D eigenvalue weighted by Crippen LogP contribution is 2.26. The second-order valence-corrected chi connectivity index (χ2v) is 5.43. The van der Waals surface area contributed by atoms with E-state index in [-0.39, 0.29) is 0 Å². The van der Waals surface area contributed by atoms with Crippen LogP contribution in [0.25, 0.3) is 11.5 Å². The van der Waals surface area contributed by atoms with Crippen LogP contribution in [-0.4, -0.2) is 9.97 Å². The summed E-state index contributed by atoms with van der Waals surface area (Å²) in [5, 5.41) is 1.47. The molecule has 0 unspecified atom stereocenters. The van der Waals surface area contributed by atoms with Crippen LogP contribution in [0, 0.1) is 0 Å². The van der Waals surface area contributed by atoms with Gasteiger partial charge in [-0.05, 0) is 29.8 Å². The molecule has 0 fully saturated rings. The van der Waals surface area contributed by atoms with Gasteiger partial charge in [-0.25, -0.2) is 9.97 Å². The molecule has 3 rings (SSSR count). The van der Waals surface area contributed by atoms with Crippen molar-refractivity contribution in [3.8, 4) is 11.5 Å². The number of furan rings is 1. The van der Waals surface area contributed by atoms with Gasteiger partial charge in [0.1, 0.15) is 5.69 Å². The van der Waals surface area contributed by atoms with Gasteiger partial charge in [0.2, 0.25) is 0 Å². The second kappa shape index (κ2) is 6.11. The van der Waals surface area contributed by atoms with E-state index in [0.717, 1.165) is 27.8 Å². The smallest absolute Gasteiger partial charge is 0.188 e. The first-order chi connectivity index (χ1) is 9.83. The predicted octanol–water partition coefficient (Wildman–Crippen LogP) is 4.68. The molecule has 100 valence electrons. The van der Waals surface area contributed by atoms with Crippen molar-refractivity contribution in [2.45, 2.75) is 10.9 Å². The van der Waals surface area contributed by atoms with Gasteiger partial charge >= 0.3 is 0 Å². The van der Waals surface area contributed by atoms with Gasteiger partial charge in [-0.2, -0.15) is 0 Å². The van der Waals surface area contributed by atoms with Crippen LogP contribution in [0.4, 0.5) is 0 Å². The molecular weight excluding hydrogens is 292 g/mol. The minimum atomic E-state index is 0.707. The van der Waals surface area contributed by atoms with Gasteiger partial charge in [0.15, 0.2) is 10.9 Å². The minimum absolute atomic E-state index is 0.707. The van der Waals surface area contributed by atoms with Crippen molar-refractivity contribution in [3.05, 3.63) is 65.5 Å². The van der Waals surface area contributed by atoms with E-state index in [1.165, 1.54) is 0 Å². The molecule has 2 heterocycles. The molecule has 0 atom stereocenters. The SMILES string of the molecule is Clc1ccccc1CSc1nccc(-c2ccco2)n1. The highest BCUT2D eigenvalue weighted by atomic mass is 35.5. The van der Waals surface area contributed by atoms with Crippen LogP contribution < -0.4 is 0 Å². The Kier molecular flexibility index (Phi) is 4.04. The molecular formula is C15H11ClN2OS. The maximum atomic E-state index is 6.13. The largest absolute Gasteiger partial charge is 0.463 e. The van der Waals surface area contributed by atoms with Gasteiger partial charge in [-0.15, -0.1) is 0 Å². The van der Waals surface area contributed by atoms with Crippen molar-refractivity contribution in [2.75, 3.05) is 0 Å². The van der Waals surface area contributed by atoms with Crippen molar-refractivity contribution in [2.24, 2.45) is 0 Å². The molecule has 0 saturated heterocycles. The van der Waals surface area contributed by atoms with Crippen LogP contribution in [0.5, 0.6) is 0 Å². The fraction of sp³-hybridized carbons (Fsp3) is 0.0667. The van der Waals surface area contributed by atoms with Crippen molar-refractivity contribution in [1.29, 1.82) is 0 Å². The zero-order chi connectivity index (χ0) is 13.8. The molecule has 0 aliphatic heterocycles. The molecule has 5 heteroatoms. The van der Waals surface area contributed by atoms with Crippen LogP contribution in [0.3, 0.4) is 0 Å². The molecule has 0 amide bonds. The minimum Gasteiger partial charge on any atom is -0.463 e. The van der Waals surface area contributed by atoms with Gasteiger partial charge in [0.25, 0.3) is 0 Å². The van der Waals surface area contributed by atoms with E-state index in [9.17, 15) is 0 Å². The molecule has 0 aliphatic rings. The molecule has 0 saturated carbocycles. The van der Waals surface area contributed by atoms with Crippen molar-refractivity contribution >= 4 is 23.4 Å². The van der Waals surface area contributed by atoms with Gasteiger partial charge in [0.05, 0.1) is 6.26 Å². The van der Waals surface area contributed by atoms with E-state index in [0.29, 0.717) is 5.16 Å². The Bertz CT molecular complexity index is 701. The monoisotopic (exact) mass is 302 g/mol. The summed E-state index contributed by atoms with van der Waals surface area (Å²) < 4.78 is 5.34. The van der Waals surface area contributed by atoms with E-state index in [1.807, 2.05) is 42.5 Å². The third-order valence-corrected chi connectivity index (χ3v) is 4.00. The molecule has 1 aromatic carbocycles. The van der Waals surface area contributed by atoms with Crippen LogP contribution >= 0.6 is 23.4 Å².